The molecule has 0 radical (unpaired) electrons. The quantitative estimate of drug-likeness (QED) is 0.393. The molecule has 0 fully saturated rings. The lowest BCUT2D eigenvalue weighted by molar-refractivity contribution is 0.252. The largest absolute Gasteiger partial charge is 0.338 e. The van der Waals surface area contributed by atoms with Crippen LogP contribution in [0.4, 0.5) is 10.6 Å². The van der Waals surface area contributed by atoms with Crippen LogP contribution < -0.4 is 10.6 Å². The summed E-state index contributed by atoms with van der Waals surface area (Å²) in [4.78, 5) is 16.0. The van der Waals surface area contributed by atoms with E-state index < -0.39 is 0 Å². The number of hydrogen-bond acceptors (Lipinski definition) is 2. The number of rotatable bonds is 14. The second kappa shape index (κ2) is 14.7. The highest BCUT2D eigenvalue weighted by atomic mass is 16.2. The highest BCUT2D eigenvalue weighted by molar-refractivity contribution is 5.88. The number of carbonyl (C=O) groups excluding carboxylic acids is 1. The number of hydrogen-bond donors (Lipinski definition) is 2. The van der Waals surface area contributed by atoms with Crippen molar-refractivity contribution >= 4 is 11.8 Å². The van der Waals surface area contributed by atoms with Crippen LogP contribution >= 0.6 is 0 Å². The van der Waals surface area contributed by atoms with Crippen molar-refractivity contribution in [2.75, 3.05) is 11.9 Å². The van der Waals surface area contributed by atoms with Gasteiger partial charge >= 0.3 is 6.03 Å². The van der Waals surface area contributed by atoms with E-state index in [0.29, 0.717) is 5.82 Å². The van der Waals surface area contributed by atoms with Gasteiger partial charge in [-0.3, -0.25) is 5.32 Å². The fraction of sp³-hybridized carbons (Fsp3) is 0.714. The average Bonchev–Trinajstić information content (AvgIpc) is 2.59. The van der Waals surface area contributed by atoms with E-state index in [-0.39, 0.29) is 6.03 Å². The van der Waals surface area contributed by atoms with Crippen LogP contribution in [-0.4, -0.2) is 17.6 Å². The second-order valence-electron chi connectivity index (χ2n) is 6.93. The Morgan fingerprint density at radius 1 is 0.880 bits per heavy atom. The fourth-order valence-corrected chi connectivity index (χ4v) is 2.94. The molecule has 0 aromatic carbocycles. The summed E-state index contributed by atoms with van der Waals surface area (Å²) in [6, 6.07) is 5.44. The van der Waals surface area contributed by atoms with Gasteiger partial charge in [-0.1, -0.05) is 83.6 Å². The van der Waals surface area contributed by atoms with Crippen molar-refractivity contribution in [3.8, 4) is 0 Å². The van der Waals surface area contributed by atoms with Gasteiger partial charge in [0.05, 0.1) is 0 Å². The van der Waals surface area contributed by atoms with Gasteiger partial charge < -0.3 is 5.32 Å². The van der Waals surface area contributed by atoms with Crippen LogP contribution in [0.3, 0.4) is 0 Å². The summed E-state index contributed by atoms with van der Waals surface area (Å²) in [5.74, 6) is 0.604. The van der Waals surface area contributed by atoms with Crippen molar-refractivity contribution in [3.05, 3.63) is 23.9 Å². The molecule has 142 valence electrons. The van der Waals surface area contributed by atoms with Crippen LogP contribution in [0.15, 0.2) is 18.2 Å². The highest BCUT2D eigenvalue weighted by Crippen LogP contribution is 2.11. The molecule has 1 aromatic rings. The summed E-state index contributed by atoms with van der Waals surface area (Å²) in [7, 11) is 0. The van der Waals surface area contributed by atoms with Crippen LogP contribution in [0, 0.1) is 6.92 Å². The zero-order valence-corrected chi connectivity index (χ0v) is 16.3. The maximum Gasteiger partial charge on any atom is 0.320 e. The molecule has 1 heterocycles. The number of urea groups is 1. The van der Waals surface area contributed by atoms with Crippen molar-refractivity contribution in [1.29, 1.82) is 0 Å². The summed E-state index contributed by atoms with van der Waals surface area (Å²) >= 11 is 0. The Hall–Kier alpha value is -1.58. The molecule has 0 aliphatic carbocycles. The van der Waals surface area contributed by atoms with Gasteiger partial charge in [-0.15, -0.1) is 0 Å². The van der Waals surface area contributed by atoms with Crippen LogP contribution in [0.5, 0.6) is 0 Å². The molecular formula is C21H37N3O. The third-order valence-electron chi connectivity index (χ3n) is 4.45. The Balaban J connectivity index is 1.86. The van der Waals surface area contributed by atoms with E-state index in [4.69, 9.17) is 0 Å². The van der Waals surface area contributed by atoms with Crippen molar-refractivity contribution in [3.63, 3.8) is 0 Å². The second-order valence-corrected chi connectivity index (χ2v) is 6.93. The first-order chi connectivity index (χ1) is 12.2. The number of aryl methyl sites for hydroxylation is 1. The third kappa shape index (κ3) is 12.4. The smallest absolute Gasteiger partial charge is 0.320 e. The number of anilines is 1. The molecule has 0 bridgehead atoms. The molecule has 1 rings (SSSR count). The summed E-state index contributed by atoms with van der Waals surface area (Å²) in [5.41, 5.74) is 0.902. The van der Waals surface area contributed by atoms with Crippen molar-refractivity contribution in [2.24, 2.45) is 0 Å². The molecule has 0 unspecified atom stereocenters. The van der Waals surface area contributed by atoms with Crippen molar-refractivity contribution < 1.29 is 4.79 Å². The normalized spacial score (nSPS) is 10.6. The molecule has 2 N–H and O–H groups in total. The SMILES string of the molecule is CCCCCCCCCCCCCCNC(=O)Nc1cccc(C)n1. The van der Waals surface area contributed by atoms with E-state index in [1.54, 1.807) is 6.07 Å². The Morgan fingerprint density at radius 3 is 2.00 bits per heavy atom. The molecule has 4 heteroatoms. The van der Waals surface area contributed by atoms with Crippen LogP contribution in [-0.2, 0) is 0 Å². The number of aromatic nitrogens is 1. The molecule has 0 atom stereocenters. The number of carbonyl (C=O) groups is 1. The van der Waals surface area contributed by atoms with Crippen molar-refractivity contribution in [1.82, 2.24) is 10.3 Å². The molecule has 0 saturated carbocycles. The first-order valence-corrected chi connectivity index (χ1v) is 10.2. The molecular weight excluding hydrogens is 310 g/mol. The van der Waals surface area contributed by atoms with Gasteiger partial charge in [0.1, 0.15) is 5.82 Å². The predicted molar refractivity (Wildman–Crippen MR) is 107 cm³/mol. The van der Waals surface area contributed by atoms with Crippen LogP contribution in [0.2, 0.25) is 0 Å². The number of nitrogens with zero attached hydrogens (tertiary/aromatic N) is 1. The zero-order valence-electron chi connectivity index (χ0n) is 16.3. The Morgan fingerprint density at radius 2 is 1.44 bits per heavy atom. The maximum atomic E-state index is 11.8. The van der Waals surface area contributed by atoms with E-state index in [2.05, 4.69) is 22.5 Å². The maximum absolute atomic E-state index is 11.8. The first-order valence-electron chi connectivity index (χ1n) is 10.2. The van der Waals surface area contributed by atoms with Crippen LogP contribution in [0.1, 0.15) is 89.7 Å². The van der Waals surface area contributed by atoms with Gasteiger partial charge in [0.2, 0.25) is 0 Å². The standard InChI is InChI=1S/C21H37N3O/c1-3-4-5-6-7-8-9-10-11-12-13-14-18-22-21(25)24-20-17-15-16-19(2)23-20/h15-17H,3-14,18H2,1-2H3,(H2,22,23,24,25). The van der Waals surface area contributed by atoms with Gasteiger partial charge in [0.25, 0.3) is 0 Å². The number of unbranched alkanes of at least 4 members (excludes halogenated alkanes) is 11. The molecule has 2 amide bonds. The van der Waals surface area contributed by atoms with E-state index in [1.807, 2.05) is 19.1 Å². The zero-order chi connectivity index (χ0) is 18.2. The molecule has 0 saturated heterocycles. The fourth-order valence-electron chi connectivity index (χ4n) is 2.94. The third-order valence-corrected chi connectivity index (χ3v) is 4.45. The van der Waals surface area contributed by atoms with Crippen LogP contribution in [0.25, 0.3) is 0 Å². The van der Waals surface area contributed by atoms with Gasteiger partial charge in [0.15, 0.2) is 0 Å². The Labute approximate surface area is 154 Å². The monoisotopic (exact) mass is 347 g/mol. The molecule has 1 aromatic heterocycles. The lowest BCUT2D eigenvalue weighted by Crippen LogP contribution is -2.29. The summed E-state index contributed by atoms with van der Waals surface area (Å²) < 4.78 is 0. The average molecular weight is 348 g/mol. The molecule has 25 heavy (non-hydrogen) atoms. The van der Waals surface area contributed by atoms with Gasteiger partial charge in [-0.05, 0) is 25.5 Å². The summed E-state index contributed by atoms with van der Waals surface area (Å²) in [6.07, 6.45) is 16.0. The minimum Gasteiger partial charge on any atom is -0.338 e. The lowest BCUT2D eigenvalue weighted by atomic mass is 10.1. The minimum atomic E-state index is -0.166. The van der Waals surface area contributed by atoms with E-state index in [0.717, 1.165) is 18.7 Å². The van der Waals surface area contributed by atoms with Gasteiger partial charge in [0, 0.05) is 12.2 Å². The number of amides is 2. The van der Waals surface area contributed by atoms with E-state index in [9.17, 15) is 4.79 Å². The summed E-state index contributed by atoms with van der Waals surface area (Å²) in [6.45, 7) is 4.91. The Kier molecular flexibility index (Phi) is 12.7. The number of pyridine rings is 1. The topological polar surface area (TPSA) is 54.0 Å². The Bertz CT molecular complexity index is 462. The van der Waals surface area contributed by atoms with E-state index >= 15 is 0 Å². The lowest BCUT2D eigenvalue weighted by Gasteiger charge is -2.07. The molecule has 0 aliphatic heterocycles. The molecule has 0 aliphatic rings. The summed E-state index contributed by atoms with van der Waals surface area (Å²) in [5, 5.41) is 5.66. The predicted octanol–water partition coefficient (Wildman–Crippen LogP) is 6.21. The molecule has 0 spiro atoms. The number of nitrogens with one attached hydrogen (secondary N) is 2. The highest BCUT2D eigenvalue weighted by Gasteiger charge is 2.01. The van der Waals surface area contributed by atoms with Crippen molar-refractivity contribution in [2.45, 2.75) is 90.9 Å². The minimum absolute atomic E-state index is 0.166. The van der Waals surface area contributed by atoms with Gasteiger partial charge in [-0.25, -0.2) is 9.78 Å². The van der Waals surface area contributed by atoms with E-state index in [1.165, 1.54) is 70.6 Å². The first kappa shape index (κ1) is 21.5. The van der Waals surface area contributed by atoms with Gasteiger partial charge in [-0.2, -0.15) is 0 Å². The molecule has 4 nitrogen and oxygen atoms in total.